The molecule has 4 nitrogen and oxygen atoms in total. The fraction of sp³-hybridized carbons (Fsp3) is 0. The lowest BCUT2D eigenvalue weighted by molar-refractivity contribution is 1.34. The molecule has 4 heterocycles. The summed E-state index contributed by atoms with van der Waals surface area (Å²) in [5, 5.41) is 4.18. The van der Waals surface area contributed by atoms with Crippen molar-refractivity contribution in [2.75, 3.05) is 10.9 Å². The molecule has 0 aliphatic carbocycles. The topological polar surface area (TPSA) is 49.8 Å². The zero-order chi connectivity index (χ0) is 22.7. The van der Waals surface area contributed by atoms with Crippen LogP contribution in [0.15, 0.2) is 116 Å². The van der Waals surface area contributed by atoms with Crippen LogP contribution in [0.1, 0.15) is 0 Å². The smallest absolute Gasteiger partial charge is 0.0821 e. The predicted molar refractivity (Wildman–Crippen MR) is 148 cm³/mol. The van der Waals surface area contributed by atoms with E-state index < -0.39 is 0 Å². The summed E-state index contributed by atoms with van der Waals surface area (Å²) < 4.78 is 2.48. The van der Waals surface area contributed by atoms with E-state index in [1.165, 1.54) is 29.0 Å². The number of aromatic nitrogens is 2. The lowest BCUT2D eigenvalue weighted by Crippen LogP contribution is -2.08. The normalized spacial score (nSPS) is 11.2. The van der Waals surface area contributed by atoms with Crippen LogP contribution in [0.25, 0.3) is 20.4 Å². The first-order chi connectivity index (χ1) is 16.8. The molecule has 0 fully saturated rings. The second-order valence-electron chi connectivity index (χ2n) is 7.39. The highest BCUT2D eigenvalue weighted by molar-refractivity contribution is 8.00. The average Bonchev–Trinajstić information content (AvgIpc) is 3.55. The van der Waals surface area contributed by atoms with Crippen molar-refractivity contribution in [2.24, 2.45) is 0 Å². The quantitative estimate of drug-likeness (QED) is 0.208. The second kappa shape index (κ2) is 9.68. The molecule has 2 N–H and O–H groups in total. The van der Waals surface area contributed by atoms with Gasteiger partial charge in [-0.05, 0) is 83.6 Å². The van der Waals surface area contributed by atoms with Crippen molar-refractivity contribution in [2.45, 2.75) is 19.6 Å². The Bertz CT molecular complexity index is 1440. The van der Waals surface area contributed by atoms with Crippen molar-refractivity contribution in [1.29, 1.82) is 0 Å². The molecule has 8 heteroatoms. The monoisotopic (exact) mass is 514 g/mol. The molecule has 0 aliphatic heterocycles. The van der Waals surface area contributed by atoms with Gasteiger partial charge in [0.2, 0.25) is 0 Å². The Morgan fingerprint density at radius 3 is 1.41 bits per heavy atom. The number of nitrogens with one attached hydrogen (secondary N) is 2. The summed E-state index contributed by atoms with van der Waals surface area (Å²) in [4.78, 5) is 13.7. The van der Waals surface area contributed by atoms with Crippen LogP contribution in [-0.2, 0) is 0 Å². The first-order valence-electron chi connectivity index (χ1n) is 10.5. The molecule has 0 unspecified atom stereocenters. The Morgan fingerprint density at radius 1 is 0.529 bits per heavy atom. The van der Waals surface area contributed by atoms with E-state index in [1.807, 2.05) is 12.4 Å². The third-order valence-corrected chi connectivity index (χ3v) is 9.40. The number of benzene rings is 2. The lowest BCUT2D eigenvalue weighted by Gasteiger charge is -2.11. The molecule has 0 amide bonds. The van der Waals surface area contributed by atoms with Gasteiger partial charge in [-0.1, -0.05) is 23.5 Å². The Hall–Kier alpha value is -3.04. The highest BCUT2D eigenvalue weighted by Gasteiger charge is 2.07. The Labute approximate surface area is 213 Å². The number of hydrogen-bond acceptors (Lipinski definition) is 8. The molecule has 0 bridgehead atoms. The second-order valence-corrected chi connectivity index (χ2v) is 11.5. The number of hydrazine groups is 1. The van der Waals surface area contributed by atoms with E-state index >= 15 is 0 Å². The summed E-state index contributed by atoms with van der Waals surface area (Å²) in [7, 11) is 0. The van der Waals surface area contributed by atoms with Crippen LogP contribution in [0.3, 0.4) is 0 Å². The molecule has 6 aromatic rings. The number of hydrogen-bond donors (Lipinski definition) is 2. The molecular formula is C26H18N4S4. The number of fused-ring (bicyclic) bond motifs is 2. The van der Waals surface area contributed by atoms with Gasteiger partial charge in [-0.2, -0.15) is 0 Å². The number of rotatable bonds is 7. The molecule has 0 saturated heterocycles. The van der Waals surface area contributed by atoms with Crippen LogP contribution < -0.4 is 10.9 Å². The van der Waals surface area contributed by atoms with Gasteiger partial charge in [-0.3, -0.25) is 9.97 Å². The van der Waals surface area contributed by atoms with Gasteiger partial charge in [0, 0.05) is 32.0 Å². The van der Waals surface area contributed by atoms with E-state index in [9.17, 15) is 0 Å². The predicted octanol–water partition coefficient (Wildman–Crippen LogP) is 8.65. The minimum atomic E-state index is 1.01. The molecular weight excluding hydrogens is 497 g/mol. The maximum Gasteiger partial charge on any atom is 0.0821 e. The molecule has 6 rings (SSSR count). The molecule has 34 heavy (non-hydrogen) atoms. The molecule has 0 aliphatic rings. The highest BCUT2D eigenvalue weighted by atomic mass is 32.2. The third-order valence-electron chi connectivity index (χ3n) is 5.13. The van der Waals surface area contributed by atoms with Gasteiger partial charge in [-0.25, -0.2) is 0 Å². The van der Waals surface area contributed by atoms with Crippen molar-refractivity contribution in [1.82, 2.24) is 9.97 Å². The minimum absolute atomic E-state index is 1.01. The van der Waals surface area contributed by atoms with E-state index in [4.69, 9.17) is 0 Å². The number of nitrogens with zero attached hydrogens (tertiary/aromatic N) is 2. The fourth-order valence-electron chi connectivity index (χ4n) is 3.47. The van der Waals surface area contributed by atoms with E-state index in [1.54, 1.807) is 46.2 Å². The van der Waals surface area contributed by atoms with Crippen molar-refractivity contribution in [3.8, 4) is 0 Å². The largest absolute Gasteiger partial charge is 0.301 e. The van der Waals surface area contributed by atoms with Crippen molar-refractivity contribution >= 4 is 78.0 Å². The fourth-order valence-corrected chi connectivity index (χ4v) is 7.23. The third kappa shape index (κ3) is 4.63. The van der Waals surface area contributed by atoms with E-state index in [0.29, 0.717) is 0 Å². The molecule has 0 radical (unpaired) electrons. The summed E-state index contributed by atoms with van der Waals surface area (Å²) in [5.41, 5.74) is 10.7. The maximum atomic E-state index is 4.42. The zero-order valence-electron chi connectivity index (χ0n) is 17.8. The molecule has 4 aromatic heterocycles. The van der Waals surface area contributed by atoms with Gasteiger partial charge in [-0.15, -0.1) is 22.7 Å². The van der Waals surface area contributed by atoms with E-state index in [2.05, 4.69) is 104 Å². The SMILES string of the molecule is c1cc(Sc2ccc(NNc3ccc(Sc4ccnc5ccsc45)cc3)cc2)c2sccc2n1. The number of anilines is 2. The number of pyridine rings is 2. The molecule has 2 aromatic carbocycles. The summed E-state index contributed by atoms with van der Waals surface area (Å²) in [6.07, 6.45) is 3.75. The van der Waals surface area contributed by atoms with Crippen LogP contribution in [0, 0.1) is 0 Å². The zero-order valence-corrected chi connectivity index (χ0v) is 21.0. The summed E-state index contributed by atoms with van der Waals surface area (Å²) in [6.45, 7) is 0. The van der Waals surface area contributed by atoms with Gasteiger partial charge < -0.3 is 10.9 Å². The molecule has 0 atom stereocenters. The highest BCUT2D eigenvalue weighted by Crippen LogP contribution is 2.37. The number of thiophene rings is 2. The Morgan fingerprint density at radius 2 is 0.971 bits per heavy atom. The van der Waals surface area contributed by atoms with E-state index in [0.717, 1.165) is 22.4 Å². The van der Waals surface area contributed by atoms with Gasteiger partial charge in [0.05, 0.1) is 31.8 Å². The summed E-state index contributed by atoms with van der Waals surface area (Å²) in [6, 6.07) is 25.2. The van der Waals surface area contributed by atoms with Crippen LogP contribution in [0.5, 0.6) is 0 Å². The van der Waals surface area contributed by atoms with Crippen LogP contribution in [0.4, 0.5) is 11.4 Å². The first-order valence-corrected chi connectivity index (χ1v) is 13.9. The first kappa shape index (κ1) is 21.5. The Balaban J connectivity index is 1.07. The molecule has 0 spiro atoms. The van der Waals surface area contributed by atoms with Crippen molar-refractivity contribution in [3.05, 3.63) is 96.0 Å². The lowest BCUT2D eigenvalue weighted by atomic mass is 10.3. The average molecular weight is 515 g/mol. The van der Waals surface area contributed by atoms with Crippen molar-refractivity contribution < 1.29 is 0 Å². The van der Waals surface area contributed by atoms with Gasteiger partial charge in [0.15, 0.2) is 0 Å². The van der Waals surface area contributed by atoms with Crippen LogP contribution >= 0.6 is 46.2 Å². The van der Waals surface area contributed by atoms with Gasteiger partial charge in [0.1, 0.15) is 0 Å². The molecule has 166 valence electrons. The van der Waals surface area contributed by atoms with Gasteiger partial charge >= 0.3 is 0 Å². The minimum Gasteiger partial charge on any atom is -0.301 e. The van der Waals surface area contributed by atoms with Gasteiger partial charge in [0.25, 0.3) is 0 Å². The summed E-state index contributed by atoms with van der Waals surface area (Å²) >= 11 is 7.00. The molecule has 0 saturated carbocycles. The maximum absolute atomic E-state index is 4.42. The summed E-state index contributed by atoms with van der Waals surface area (Å²) in [5.74, 6) is 0. The standard InChI is InChI=1S/C26H18N4S4/c1-5-19(33-23-9-13-27-21-11-15-31-25(21)23)6-2-17(1)29-30-18-3-7-20(8-4-18)34-24-10-14-28-22-12-16-32-26(22)24/h1-16,29-30H. The van der Waals surface area contributed by atoms with Crippen LogP contribution in [0.2, 0.25) is 0 Å². The Kier molecular flexibility index (Phi) is 6.12. The van der Waals surface area contributed by atoms with Crippen molar-refractivity contribution in [3.63, 3.8) is 0 Å². The van der Waals surface area contributed by atoms with E-state index in [-0.39, 0.29) is 0 Å². The van der Waals surface area contributed by atoms with Crippen LogP contribution in [-0.4, -0.2) is 9.97 Å².